The number of hydrogen-bond donors (Lipinski definition) is 1. The minimum atomic E-state index is -0.974. The highest BCUT2D eigenvalue weighted by molar-refractivity contribution is 5.91. The number of amides is 1. The van der Waals surface area contributed by atoms with Crippen LogP contribution in [0.1, 0.15) is 49.0 Å². The van der Waals surface area contributed by atoms with Crippen LogP contribution in [0.25, 0.3) is 0 Å². The van der Waals surface area contributed by atoms with Gasteiger partial charge >= 0.3 is 5.97 Å². The summed E-state index contributed by atoms with van der Waals surface area (Å²) >= 11 is 0. The van der Waals surface area contributed by atoms with Crippen molar-refractivity contribution in [2.75, 3.05) is 6.54 Å². The third kappa shape index (κ3) is 4.31. The summed E-state index contributed by atoms with van der Waals surface area (Å²) in [6.45, 7) is 5.07. The quantitative estimate of drug-likeness (QED) is 0.839. The van der Waals surface area contributed by atoms with Gasteiger partial charge in [0.15, 0.2) is 0 Å². The third-order valence-electron chi connectivity index (χ3n) is 3.84. The summed E-state index contributed by atoms with van der Waals surface area (Å²) in [4.78, 5) is 25.7. The van der Waals surface area contributed by atoms with Gasteiger partial charge in [-0.1, -0.05) is 32.0 Å². The summed E-state index contributed by atoms with van der Waals surface area (Å²) < 4.78 is 0. The zero-order valence-corrected chi connectivity index (χ0v) is 12.7. The lowest BCUT2D eigenvalue weighted by Gasteiger charge is -2.23. The summed E-state index contributed by atoms with van der Waals surface area (Å²) in [5.41, 5.74) is 0.829. The van der Waals surface area contributed by atoms with Gasteiger partial charge in [0.1, 0.15) is 0 Å². The van der Waals surface area contributed by atoms with Crippen LogP contribution in [-0.4, -0.2) is 34.5 Å². The van der Waals surface area contributed by atoms with E-state index in [1.54, 1.807) is 24.3 Å². The van der Waals surface area contributed by atoms with Gasteiger partial charge in [-0.05, 0) is 36.8 Å². The molecule has 1 aromatic rings. The first-order valence-electron chi connectivity index (χ1n) is 7.59. The van der Waals surface area contributed by atoms with Crippen molar-refractivity contribution >= 4 is 11.9 Å². The average Bonchev–Trinajstić information content (AvgIpc) is 3.23. The Labute approximate surface area is 125 Å². The van der Waals surface area contributed by atoms with Gasteiger partial charge in [-0.3, -0.25) is 4.79 Å². The molecule has 0 atom stereocenters. The maximum absolute atomic E-state index is 12.5. The average molecular weight is 289 g/mol. The summed E-state index contributed by atoms with van der Waals surface area (Å²) in [6.07, 6.45) is 3.31. The van der Waals surface area contributed by atoms with Crippen molar-refractivity contribution in [1.29, 1.82) is 0 Å². The highest BCUT2D eigenvalue weighted by Crippen LogP contribution is 2.28. The van der Waals surface area contributed by atoms with Gasteiger partial charge in [-0.15, -0.1) is 0 Å². The molecule has 4 nitrogen and oxygen atoms in total. The molecule has 0 radical (unpaired) electrons. The smallest absolute Gasteiger partial charge is 0.335 e. The molecule has 21 heavy (non-hydrogen) atoms. The number of hydrogen-bond acceptors (Lipinski definition) is 2. The van der Waals surface area contributed by atoms with Gasteiger partial charge in [0.2, 0.25) is 5.91 Å². The minimum absolute atomic E-state index is 0.0480. The summed E-state index contributed by atoms with van der Waals surface area (Å²) in [5.74, 6) is -0.365. The van der Waals surface area contributed by atoms with E-state index in [1.165, 1.54) is 0 Å². The molecule has 114 valence electrons. The Morgan fingerprint density at radius 2 is 1.95 bits per heavy atom. The first kappa shape index (κ1) is 15.5. The number of carboxylic acid groups (broad SMARTS) is 1. The number of rotatable bonds is 7. The van der Waals surface area contributed by atoms with Crippen LogP contribution in [0.3, 0.4) is 0 Å². The predicted octanol–water partition coefficient (Wildman–Crippen LogP) is 2.96. The second-order valence-corrected chi connectivity index (χ2v) is 6.14. The predicted molar refractivity (Wildman–Crippen MR) is 81.3 cm³/mol. The van der Waals surface area contributed by atoms with Gasteiger partial charge in [0.25, 0.3) is 0 Å². The Morgan fingerprint density at radius 1 is 1.29 bits per heavy atom. The second-order valence-electron chi connectivity index (χ2n) is 6.14. The Kier molecular flexibility index (Phi) is 4.99. The molecule has 4 heteroatoms. The van der Waals surface area contributed by atoms with Crippen LogP contribution < -0.4 is 0 Å². The van der Waals surface area contributed by atoms with Crippen molar-refractivity contribution in [2.45, 2.75) is 45.6 Å². The Hall–Kier alpha value is -1.84. The Bertz CT molecular complexity index is 521. The monoisotopic (exact) mass is 289 g/mol. The third-order valence-corrected chi connectivity index (χ3v) is 3.84. The van der Waals surface area contributed by atoms with Gasteiger partial charge in [-0.2, -0.15) is 0 Å². The van der Waals surface area contributed by atoms with Crippen molar-refractivity contribution in [2.24, 2.45) is 5.92 Å². The van der Waals surface area contributed by atoms with Crippen LogP contribution in [0.2, 0.25) is 0 Å². The molecular formula is C17H23NO3. The van der Waals surface area contributed by atoms with Crippen molar-refractivity contribution in [3.63, 3.8) is 0 Å². The number of nitrogens with zero attached hydrogens (tertiary/aromatic N) is 1. The van der Waals surface area contributed by atoms with Crippen molar-refractivity contribution in [1.82, 2.24) is 4.90 Å². The first-order valence-corrected chi connectivity index (χ1v) is 7.59. The van der Waals surface area contributed by atoms with Gasteiger partial charge in [0.05, 0.1) is 12.0 Å². The molecule has 2 rings (SSSR count). The molecule has 1 aliphatic carbocycles. The van der Waals surface area contributed by atoms with Crippen molar-refractivity contribution in [3.8, 4) is 0 Å². The summed E-state index contributed by atoms with van der Waals surface area (Å²) in [5, 5.41) is 9.19. The van der Waals surface area contributed by atoms with Gasteiger partial charge in [0, 0.05) is 12.6 Å². The van der Waals surface area contributed by atoms with E-state index in [9.17, 15) is 14.7 Å². The normalized spacial score (nSPS) is 14.2. The molecule has 1 amide bonds. The molecule has 0 bridgehead atoms. The standard InChI is InChI=1S/C17H23NO3/c1-12(2)9-10-18(14-7-8-14)16(19)11-13-5-3-4-6-15(13)17(20)21/h3-6,12,14H,7-11H2,1-2H3,(H,20,21). The SMILES string of the molecule is CC(C)CCN(C(=O)Cc1ccccc1C(=O)O)C1CC1. The van der Waals surface area contributed by atoms with Crippen LogP contribution in [-0.2, 0) is 11.2 Å². The van der Waals surface area contributed by atoms with Crippen molar-refractivity contribution in [3.05, 3.63) is 35.4 Å². The zero-order valence-electron chi connectivity index (χ0n) is 12.7. The van der Waals surface area contributed by atoms with E-state index < -0.39 is 5.97 Å². The highest BCUT2D eigenvalue weighted by atomic mass is 16.4. The fourth-order valence-corrected chi connectivity index (χ4v) is 2.44. The summed E-state index contributed by atoms with van der Waals surface area (Å²) in [7, 11) is 0. The lowest BCUT2D eigenvalue weighted by Crippen LogP contribution is -2.36. The van der Waals surface area contributed by atoms with E-state index in [0.717, 1.165) is 25.8 Å². The highest BCUT2D eigenvalue weighted by Gasteiger charge is 2.32. The fourth-order valence-electron chi connectivity index (χ4n) is 2.44. The fraction of sp³-hybridized carbons (Fsp3) is 0.529. The van der Waals surface area contributed by atoms with Crippen LogP contribution in [0, 0.1) is 5.92 Å². The van der Waals surface area contributed by atoms with E-state index in [4.69, 9.17) is 0 Å². The number of carbonyl (C=O) groups is 2. The summed E-state index contributed by atoms with van der Waals surface area (Å²) in [6, 6.07) is 7.13. The molecule has 0 aromatic heterocycles. The van der Waals surface area contributed by atoms with Gasteiger partial charge < -0.3 is 10.0 Å². The molecule has 0 unspecified atom stereocenters. The molecule has 0 spiro atoms. The molecule has 0 saturated heterocycles. The van der Waals surface area contributed by atoms with Crippen LogP contribution in [0.15, 0.2) is 24.3 Å². The van der Waals surface area contributed by atoms with Crippen LogP contribution in [0.5, 0.6) is 0 Å². The molecule has 0 heterocycles. The Balaban J connectivity index is 2.06. The van der Waals surface area contributed by atoms with E-state index in [1.807, 2.05) is 4.90 Å². The molecule has 1 N–H and O–H groups in total. The molecule has 1 aromatic carbocycles. The maximum Gasteiger partial charge on any atom is 0.335 e. The maximum atomic E-state index is 12.5. The van der Waals surface area contributed by atoms with Gasteiger partial charge in [-0.25, -0.2) is 4.79 Å². The number of aromatic carboxylic acids is 1. The lowest BCUT2D eigenvalue weighted by molar-refractivity contribution is -0.131. The molecule has 1 saturated carbocycles. The topological polar surface area (TPSA) is 57.6 Å². The van der Waals surface area contributed by atoms with Crippen LogP contribution in [0.4, 0.5) is 0 Å². The van der Waals surface area contributed by atoms with Crippen molar-refractivity contribution < 1.29 is 14.7 Å². The zero-order chi connectivity index (χ0) is 15.4. The largest absolute Gasteiger partial charge is 0.478 e. The number of carboxylic acids is 1. The molecule has 1 aliphatic rings. The molecule has 1 fully saturated rings. The van der Waals surface area contributed by atoms with E-state index >= 15 is 0 Å². The van der Waals surface area contributed by atoms with Crippen LogP contribution >= 0.6 is 0 Å². The Morgan fingerprint density at radius 3 is 2.52 bits per heavy atom. The molecule has 0 aliphatic heterocycles. The minimum Gasteiger partial charge on any atom is -0.478 e. The van der Waals surface area contributed by atoms with E-state index in [-0.39, 0.29) is 17.9 Å². The van der Waals surface area contributed by atoms with E-state index in [0.29, 0.717) is 17.5 Å². The number of benzene rings is 1. The number of carbonyl (C=O) groups excluding carboxylic acids is 1. The first-order chi connectivity index (χ1) is 9.99. The lowest BCUT2D eigenvalue weighted by atomic mass is 10.0. The molecular weight excluding hydrogens is 266 g/mol. The second kappa shape index (κ2) is 6.74. The van der Waals surface area contributed by atoms with E-state index in [2.05, 4.69) is 13.8 Å².